The number of fused-ring (bicyclic) bond motifs is 1. The molecule has 242 valence electrons. The van der Waals surface area contributed by atoms with Gasteiger partial charge in [-0.15, -0.1) is 0 Å². The topological polar surface area (TPSA) is 116 Å². The second-order valence-corrected chi connectivity index (χ2v) is 11.9. The Bertz CT molecular complexity index is 1740. The quantitative estimate of drug-likeness (QED) is 0.129. The number of aromatic amines is 1. The van der Waals surface area contributed by atoms with Gasteiger partial charge in [0.05, 0.1) is 6.10 Å². The number of aryl methyl sites for hydroxylation is 1. The van der Waals surface area contributed by atoms with Crippen LogP contribution in [-0.4, -0.2) is 72.0 Å². The lowest BCUT2D eigenvalue weighted by Crippen LogP contribution is -2.48. The van der Waals surface area contributed by atoms with Crippen LogP contribution in [0.1, 0.15) is 29.0 Å². The van der Waals surface area contributed by atoms with Gasteiger partial charge in [-0.3, -0.25) is 9.69 Å². The molecule has 9 nitrogen and oxygen atoms in total. The zero-order chi connectivity index (χ0) is 32.6. The van der Waals surface area contributed by atoms with Crippen molar-refractivity contribution in [2.45, 2.75) is 37.0 Å². The Morgan fingerprint density at radius 3 is 2.30 bits per heavy atom. The molecule has 47 heavy (non-hydrogen) atoms. The van der Waals surface area contributed by atoms with Crippen molar-refractivity contribution in [3.8, 4) is 5.75 Å². The number of carboxylic acid groups (broad SMARTS) is 1. The minimum Gasteiger partial charge on any atom is -0.490 e. The lowest BCUT2D eigenvalue weighted by molar-refractivity contribution is -0.120. The molecule has 4 N–H and O–H groups in total. The van der Waals surface area contributed by atoms with Crippen molar-refractivity contribution in [1.29, 1.82) is 0 Å². The number of hydrogen-bond acceptors (Lipinski definition) is 5. The van der Waals surface area contributed by atoms with E-state index in [1.807, 2.05) is 115 Å². The van der Waals surface area contributed by atoms with Gasteiger partial charge in [0.2, 0.25) is 5.91 Å². The molecule has 0 bridgehead atoms. The molecular formula is C38H40N4O5. The molecule has 1 aliphatic heterocycles. The van der Waals surface area contributed by atoms with E-state index in [4.69, 9.17) is 9.47 Å². The standard InChI is InChI=1S/C38H40N4O5/c1-42(38(44)45)36(35(27-12-4-2-5-13-27)28-14-6-3-7-15-28)37(43)41-32-16-9-8-11-26(32)19-20-29-23-39-24-30(47-29)25-46-34-18-10-17-33-31(34)21-22-40-33/h2-18,21-22,29-30,35-36,39-40H,19-20,23-25H2,1H3,(H,41,43)(H,44,45)/t29-,30+,36+/m1/s1. The zero-order valence-corrected chi connectivity index (χ0v) is 26.3. The molecule has 1 aliphatic rings. The minimum atomic E-state index is -1.18. The smallest absolute Gasteiger partial charge is 0.407 e. The molecule has 0 spiro atoms. The number of H-pyrrole nitrogens is 1. The molecular weight excluding hydrogens is 592 g/mol. The molecule has 0 unspecified atom stereocenters. The van der Waals surface area contributed by atoms with Crippen molar-refractivity contribution >= 4 is 28.6 Å². The highest BCUT2D eigenvalue weighted by atomic mass is 16.5. The van der Waals surface area contributed by atoms with Crippen LogP contribution in [0.25, 0.3) is 10.9 Å². The van der Waals surface area contributed by atoms with Crippen LogP contribution in [0.5, 0.6) is 5.75 Å². The molecule has 2 amide bonds. The van der Waals surface area contributed by atoms with E-state index >= 15 is 0 Å². The summed E-state index contributed by atoms with van der Waals surface area (Å²) < 4.78 is 12.6. The van der Waals surface area contributed by atoms with Gasteiger partial charge in [0.1, 0.15) is 24.5 Å². The second kappa shape index (κ2) is 15.0. The Balaban J connectivity index is 1.14. The molecule has 4 aromatic carbocycles. The molecule has 0 saturated carbocycles. The molecule has 0 aliphatic carbocycles. The summed E-state index contributed by atoms with van der Waals surface area (Å²) in [6.07, 6.45) is 1.99. The minimum absolute atomic E-state index is 0.0319. The second-order valence-electron chi connectivity index (χ2n) is 11.9. The van der Waals surface area contributed by atoms with Crippen molar-refractivity contribution in [3.05, 3.63) is 132 Å². The molecule has 9 heteroatoms. The fourth-order valence-electron chi connectivity index (χ4n) is 6.34. The van der Waals surface area contributed by atoms with Crippen LogP contribution in [0, 0.1) is 0 Å². The van der Waals surface area contributed by atoms with Gasteiger partial charge in [-0.1, -0.05) is 84.9 Å². The zero-order valence-electron chi connectivity index (χ0n) is 26.3. The van der Waals surface area contributed by atoms with Crippen LogP contribution in [0.2, 0.25) is 0 Å². The van der Waals surface area contributed by atoms with E-state index in [1.165, 1.54) is 7.05 Å². The van der Waals surface area contributed by atoms with E-state index in [0.29, 0.717) is 25.3 Å². The van der Waals surface area contributed by atoms with E-state index in [2.05, 4.69) is 15.6 Å². The monoisotopic (exact) mass is 632 g/mol. The molecule has 3 atom stereocenters. The molecule has 1 aromatic heterocycles. The third-order valence-electron chi connectivity index (χ3n) is 8.74. The third kappa shape index (κ3) is 7.65. The molecule has 1 saturated heterocycles. The van der Waals surface area contributed by atoms with Crippen molar-refractivity contribution < 1.29 is 24.2 Å². The lowest BCUT2D eigenvalue weighted by atomic mass is 9.84. The summed E-state index contributed by atoms with van der Waals surface area (Å²) in [6, 6.07) is 33.8. The molecule has 0 radical (unpaired) electrons. The summed E-state index contributed by atoms with van der Waals surface area (Å²) in [6.45, 7) is 1.86. The number of carbonyl (C=O) groups is 2. The number of hydrogen-bond donors (Lipinski definition) is 4. The van der Waals surface area contributed by atoms with Gasteiger partial charge in [0.15, 0.2) is 0 Å². The Morgan fingerprint density at radius 2 is 1.57 bits per heavy atom. The predicted octanol–water partition coefficient (Wildman–Crippen LogP) is 6.29. The van der Waals surface area contributed by atoms with Crippen LogP contribution in [-0.2, 0) is 16.0 Å². The van der Waals surface area contributed by atoms with E-state index in [0.717, 1.165) is 51.2 Å². The Morgan fingerprint density at radius 1 is 0.894 bits per heavy atom. The van der Waals surface area contributed by atoms with E-state index in [9.17, 15) is 14.7 Å². The highest BCUT2D eigenvalue weighted by molar-refractivity contribution is 5.98. The number of para-hydroxylation sites is 1. The van der Waals surface area contributed by atoms with Gasteiger partial charge in [-0.2, -0.15) is 0 Å². The Kier molecular flexibility index (Phi) is 10.2. The predicted molar refractivity (Wildman–Crippen MR) is 183 cm³/mol. The highest BCUT2D eigenvalue weighted by Gasteiger charge is 2.37. The van der Waals surface area contributed by atoms with Gasteiger partial charge in [-0.05, 0) is 53.8 Å². The molecule has 5 aromatic rings. The van der Waals surface area contributed by atoms with Crippen LogP contribution < -0.4 is 15.4 Å². The fourth-order valence-corrected chi connectivity index (χ4v) is 6.34. The maximum absolute atomic E-state index is 14.1. The highest BCUT2D eigenvalue weighted by Crippen LogP contribution is 2.32. The average molecular weight is 633 g/mol. The van der Waals surface area contributed by atoms with Crippen LogP contribution in [0.4, 0.5) is 10.5 Å². The van der Waals surface area contributed by atoms with Crippen molar-refractivity contribution in [1.82, 2.24) is 15.2 Å². The normalized spacial score (nSPS) is 16.9. The maximum Gasteiger partial charge on any atom is 0.407 e. The van der Waals surface area contributed by atoms with Gasteiger partial charge in [0, 0.05) is 48.8 Å². The van der Waals surface area contributed by atoms with Crippen LogP contribution in [0.15, 0.2) is 115 Å². The van der Waals surface area contributed by atoms with Crippen molar-refractivity contribution in [2.75, 3.05) is 32.1 Å². The van der Waals surface area contributed by atoms with E-state index < -0.39 is 24.0 Å². The summed E-state index contributed by atoms with van der Waals surface area (Å²) in [5, 5.41) is 17.7. The molecule has 1 fully saturated rings. The fraction of sp³-hybridized carbons (Fsp3) is 0.263. The summed E-state index contributed by atoms with van der Waals surface area (Å²) in [5.41, 5.74) is 4.35. The Labute approximate surface area is 274 Å². The van der Waals surface area contributed by atoms with Gasteiger partial charge < -0.3 is 30.2 Å². The van der Waals surface area contributed by atoms with Gasteiger partial charge >= 0.3 is 6.09 Å². The number of aromatic nitrogens is 1. The number of amides is 2. The lowest BCUT2D eigenvalue weighted by Gasteiger charge is -2.33. The number of nitrogens with one attached hydrogen (secondary N) is 3. The number of rotatable bonds is 12. The maximum atomic E-state index is 14.1. The summed E-state index contributed by atoms with van der Waals surface area (Å²) in [4.78, 5) is 30.8. The number of benzene rings is 4. The van der Waals surface area contributed by atoms with Crippen LogP contribution in [0.3, 0.4) is 0 Å². The summed E-state index contributed by atoms with van der Waals surface area (Å²) >= 11 is 0. The Hall–Kier alpha value is -5.12. The number of anilines is 1. The third-order valence-corrected chi connectivity index (χ3v) is 8.74. The van der Waals surface area contributed by atoms with Gasteiger partial charge in [-0.25, -0.2) is 4.79 Å². The van der Waals surface area contributed by atoms with Crippen molar-refractivity contribution in [2.24, 2.45) is 0 Å². The van der Waals surface area contributed by atoms with Crippen LogP contribution >= 0.6 is 0 Å². The average Bonchev–Trinajstić information content (AvgIpc) is 3.60. The number of morpholine rings is 1. The van der Waals surface area contributed by atoms with E-state index in [-0.39, 0.29) is 12.2 Å². The summed E-state index contributed by atoms with van der Waals surface area (Å²) in [5.74, 6) is -0.0891. The summed E-state index contributed by atoms with van der Waals surface area (Å²) in [7, 11) is 1.45. The number of ether oxygens (including phenoxy) is 2. The number of likely N-dealkylation sites (N-methyl/N-ethyl adjacent to an activating group) is 1. The first-order valence-electron chi connectivity index (χ1n) is 16.0. The molecule has 6 rings (SSSR count). The first-order chi connectivity index (χ1) is 23.0. The largest absolute Gasteiger partial charge is 0.490 e. The van der Waals surface area contributed by atoms with E-state index in [1.54, 1.807) is 0 Å². The van der Waals surface area contributed by atoms with Crippen molar-refractivity contribution in [3.63, 3.8) is 0 Å². The number of nitrogens with zero attached hydrogens (tertiary/aromatic N) is 1. The number of carbonyl (C=O) groups excluding carboxylic acids is 1. The molecule has 2 heterocycles. The van der Waals surface area contributed by atoms with Gasteiger partial charge in [0.25, 0.3) is 0 Å². The first-order valence-corrected chi connectivity index (χ1v) is 16.0. The first kappa shape index (κ1) is 31.8. The SMILES string of the molecule is CN(C(=O)O)[C@H](C(=O)Nc1ccccc1CC[C@@H]1CNC[C@@H](COc2cccc3[nH]ccc23)O1)C(c1ccccc1)c1ccccc1.